The van der Waals surface area contributed by atoms with Gasteiger partial charge in [-0.15, -0.1) is 0 Å². The molecule has 1 atom stereocenters. The summed E-state index contributed by atoms with van der Waals surface area (Å²) in [4.78, 5) is 6.48. The van der Waals surface area contributed by atoms with Crippen molar-refractivity contribution in [3.63, 3.8) is 0 Å². The maximum Gasteiger partial charge on any atom is 0.128 e. The number of nitriles is 1. The maximum absolute atomic E-state index is 13.6. The minimum absolute atomic E-state index is 0.0563. The molecule has 0 aliphatic carbocycles. The van der Waals surface area contributed by atoms with Crippen LogP contribution in [0.25, 0.3) is 0 Å². The molecule has 1 aliphatic heterocycles. The van der Waals surface area contributed by atoms with Crippen LogP contribution in [0.5, 0.6) is 0 Å². The average molecular weight is 311 g/mol. The average Bonchev–Trinajstić information content (AvgIpc) is 2.61. The first-order chi connectivity index (χ1) is 11.3. The molecule has 1 fully saturated rings. The Morgan fingerprint density at radius 1 is 1.30 bits per heavy atom. The van der Waals surface area contributed by atoms with Crippen molar-refractivity contribution >= 4 is 5.82 Å². The van der Waals surface area contributed by atoms with E-state index in [1.807, 2.05) is 12.1 Å². The van der Waals surface area contributed by atoms with Crippen molar-refractivity contribution in [3.05, 3.63) is 59.5 Å². The largest absolute Gasteiger partial charge is 0.372 e. The Morgan fingerprint density at radius 3 is 2.91 bits per heavy atom. The number of halogens is 1. The fourth-order valence-electron chi connectivity index (χ4n) is 2.74. The van der Waals surface area contributed by atoms with E-state index in [1.54, 1.807) is 24.4 Å². The van der Waals surface area contributed by atoms with Gasteiger partial charge in [-0.25, -0.2) is 9.37 Å². The number of ether oxygens (including phenoxy) is 1. The summed E-state index contributed by atoms with van der Waals surface area (Å²) in [7, 11) is 0. The third kappa shape index (κ3) is 3.85. The van der Waals surface area contributed by atoms with Crippen molar-refractivity contribution < 1.29 is 9.13 Å². The van der Waals surface area contributed by atoms with Crippen LogP contribution in [0.4, 0.5) is 10.2 Å². The van der Waals surface area contributed by atoms with E-state index in [0.29, 0.717) is 11.1 Å². The summed E-state index contributed by atoms with van der Waals surface area (Å²) < 4.78 is 19.5. The Bertz CT molecular complexity index is 696. The third-order valence-electron chi connectivity index (χ3n) is 4.01. The molecule has 2 aromatic rings. The van der Waals surface area contributed by atoms with Crippen LogP contribution in [0, 0.1) is 17.1 Å². The van der Waals surface area contributed by atoms with Crippen LogP contribution >= 0.6 is 0 Å². The minimum Gasteiger partial charge on any atom is -0.372 e. The quantitative estimate of drug-likeness (QED) is 0.869. The van der Waals surface area contributed by atoms with E-state index >= 15 is 0 Å². The summed E-state index contributed by atoms with van der Waals surface area (Å²) in [6, 6.07) is 12.4. The summed E-state index contributed by atoms with van der Waals surface area (Å²) in [5.74, 6) is 0.622. The van der Waals surface area contributed by atoms with Gasteiger partial charge in [-0.3, -0.25) is 0 Å². The van der Waals surface area contributed by atoms with Crippen molar-refractivity contribution in [2.24, 2.45) is 0 Å². The van der Waals surface area contributed by atoms with Crippen LogP contribution in [0.15, 0.2) is 42.6 Å². The van der Waals surface area contributed by atoms with E-state index in [4.69, 9.17) is 10.00 Å². The van der Waals surface area contributed by atoms with Gasteiger partial charge in [-0.1, -0.05) is 18.2 Å². The lowest BCUT2D eigenvalue weighted by molar-refractivity contribution is 0.0300. The van der Waals surface area contributed by atoms with Crippen LogP contribution in [0.3, 0.4) is 0 Å². The Morgan fingerprint density at radius 2 is 2.17 bits per heavy atom. The molecule has 0 saturated carbocycles. The fraction of sp³-hybridized carbons (Fsp3) is 0.333. The molecule has 0 amide bonds. The minimum atomic E-state index is -0.228. The Labute approximate surface area is 135 Å². The first kappa shape index (κ1) is 15.4. The lowest BCUT2D eigenvalue weighted by atomic mass is 10.1. The lowest BCUT2D eigenvalue weighted by Gasteiger charge is -2.33. The van der Waals surface area contributed by atoms with Crippen molar-refractivity contribution in [2.45, 2.75) is 25.6 Å². The Hall–Kier alpha value is -2.45. The first-order valence-electron chi connectivity index (χ1n) is 7.72. The van der Waals surface area contributed by atoms with E-state index in [9.17, 15) is 4.39 Å². The van der Waals surface area contributed by atoms with Crippen LogP contribution in [0.1, 0.15) is 24.0 Å². The molecule has 3 rings (SSSR count). The van der Waals surface area contributed by atoms with E-state index in [2.05, 4.69) is 16.0 Å². The second-order valence-electron chi connectivity index (χ2n) is 5.63. The molecule has 5 heteroatoms. The summed E-state index contributed by atoms with van der Waals surface area (Å²) in [5.41, 5.74) is 1.14. The van der Waals surface area contributed by atoms with Gasteiger partial charge in [0.15, 0.2) is 0 Å². The zero-order valence-corrected chi connectivity index (χ0v) is 12.8. The van der Waals surface area contributed by atoms with Gasteiger partial charge in [-0.05, 0) is 31.0 Å². The van der Waals surface area contributed by atoms with E-state index in [0.717, 1.165) is 31.7 Å². The van der Waals surface area contributed by atoms with Gasteiger partial charge in [0, 0.05) is 24.8 Å². The molecule has 23 heavy (non-hydrogen) atoms. The number of hydrogen-bond acceptors (Lipinski definition) is 4. The van der Waals surface area contributed by atoms with Crippen molar-refractivity contribution in [2.75, 3.05) is 18.0 Å². The molecule has 0 bridgehead atoms. The molecule has 0 spiro atoms. The molecule has 2 heterocycles. The highest BCUT2D eigenvalue weighted by Crippen LogP contribution is 2.21. The Balaban J connectivity index is 1.59. The van der Waals surface area contributed by atoms with Crippen LogP contribution in [-0.4, -0.2) is 24.2 Å². The number of pyridine rings is 1. The van der Waals surface area contributed by atoms with Gasteiger partial charge in [0.1, 0.15) is 17.7 Å². The third-order valence-corrected chi connectivity index (χ3v) is 4.01. The molecule has 1 aliphatic rings. The van der Waals surface area contributed by atoms with Crippen LogP contribution in [0.2, 0.25) is 0 Å². The second kappa shape index (κ2) is 7.21. The number of nitrogens with zero attached hydrogens (tertiary/aromatic N) is 3. The molecular formula is C18H18FN3O. The molecule has 0 radical (unpaired) electrons. The van der Waals surface area contributed by atoms with Gasteiger partial charge in [0.25, 0.3) is 0 Å². The zero-order valence-electron chi connectivity index (χ0n) is 12.8. The highest BCUT2D eigenvalue weighted by atomic mass is 19.1. The van der Waals surface area contributed by atoms with E-state index < -0.39 is 0 Å². The van der Waals surface area contributed by atoms with Gasteiger partial charge in [0.2, 0.25) is 0 Å². The van der Waals surface area contributed by atoms with Crippen molar-refractivity contribution in [1.82, 2.24) is 4.98 Å². The zero-order chi connectivity index (χ0) is 16.1. The van der Waals surface area contributed by atoms with Gasteiger partial charge < -0.3 is 9.64 Å². The number of aromatic nitrogens is 1. The summed E-state index contributed by atoms with van der Waals surface area (Å²) in [6.07, 6.45) is 3.60. The molecule has 118 valence electrons. The standard InChI is InChI=1S/C18H18FN3O/c19-17-6-2-1-4-15(17)13-23-16-5-3-9-22(12-16)18-8-7-14(10-20)11-21-18/h1-2,4,6-8,11,16H,3,5,9,12-13H2/t16-/m0/s1. The van der Waals surface area contributed by atoms with Crippen LogP contribution in [-0.2, 0) is 11.3 Å². The first-order valence-corrected chi connectivity index (χ1v) is 7.72. The fourth-order valence-corrected chi connectivity index (χ4v) is 2.74. The number of hydrogen-bond donors (Lipinski definition) is 0. The van der Waals surface area contributed by atoms with Gasteiger partial charge in [0.05, 0.1) is 18.3 Å². The number of benzene rings is 1. The molecule has 4 nitrogen and oxygen atoms in total. The molecule has 1 aromatic carbocycles. The van der Waals surface area contributed by atoms with Gasteiger partial charge >= 0.3 is 0 Å². The number of anilines is 1. The predicted molar refractivity (Wildman–Crippen MR) is 85.4 cm³/mol. The highest BCUT2D eigenvalue weighted by molar-refractivity contribution is 5.42. The number of rotatable bonds is 4. The lowest BCUT2D eigenvalue weighted by Crippen LogP contribution is -2.40. The molecule has 1 saturated heterocycles. The summed E-state index contributed by atoms with van der Waals surface area (Å²) >= 11 is 0. The van der Waals surface area contributed by atoms with Crippen LogP contribution < -0.4 is 4.90 Å². The molecule has 0 N–H and O–H groups in total. The smallest absolute Gasteiger partial charge is 0.128 e. The van der Waals surface area contributed by atoms with Gasteiger partial charge in [-0.2, -0.15) is 5.26 Å². The topological polar surface area (TPSA) is 49.2 Å². The van der Waals surface area contributed by atoms with E-state index in [1.165, 1.54) is 6.07 Å². The summed E-state index contributed by atoms with van der Waals surface area (Å²) in [5, 5.41) is 8.83. The SMILES string of the molecule is N#Cc1ccc(N2CCC[C@H](OCc3ccccc3F)C2)nc1. The highest BCUT2D eigenvalue weighted by Gasteiger charge is 2.21. The summed E-state index contributed by atoms with van der Waals surface area (Å²) in [6.45, 7) is 1.93. The van der Waals surface area contributed by atoms with Crippen molar-refractivity contribution in [1.29, 1.82) is 5.26 Å². The second-order valence-corrected chi connectivity index (χ2v) is 5.63. The van der Waals surface area contributed by atoms with Crippen molar-refractivity contribution in [3.8, 4) is 6.07 Å². The maximum atomic E-state index is 13.6. The predicted octanol–water partition coefficient (Wildman–Crippen LogP) is 3.28. The number of piperidine rings is 1. The normalized spacial score (nSPS) is 17.7. The molecule has 1 aromatic heterocycles. The molecule has 0 unspecified atom stereocenters. The Kier molecular flexibility index (Phi) is 4.84. The molecular weight excluding hydrogens is 293 g/mol. The van der Waals surface area contributed by atoms with E-state index in [-0.39, 0.29) is 18.5 Å². The monoisotopic (exact) mass is 311 g/mol.